The van der Waals surface area contributed by atoms with Gasteiger partial charge in [-0.25, -0.2) is 0 Å². The van der Waals surface area contributed by atoms with E-state index in [2.05, 4.69) is 48.5 Å². The molecule has 3 saturated carbocycles. The highest BCUT2D eigenvalue weighted by atomic mass is 16.5. The number of likely N-dealkylation sites (tertiary alicyclic amines) is 1. The second kappa shape index (κ2) is 12.3. The van der Waals surface area contributed by atoms with Crippen molar-refractivity contribution < 1.29 is 24.5 Å². The number of nitrogens with zero attached hydrogens (tertiary/aromatic N) is 1. The molecular weight excluding hydrogens is 514 g/mol. The summed E-state index contributed by atoms with van der Waals surface area (Å²) in [6, 6.07) is 18.8. The summed E-state index contributed by atoms with van der Waals surface area (Å²) >= 11 is 0. The van der Waals surface area contributed by atoms with Gasteiger partial charge in [0, 0.05) is 19.5 Å². The summed E-state index contributed by atoms with van der Waals surface area (Å²) in [5.74, 6) is 1.51. The summed E-state index contributed by atoms with van der Waals surface area (Å²) in [6.07, 6.45) is 8.89. The first kappa shape index (κ1) is 28.4. The lowest BCUT2D eigenvalue weighted by Crippen LogP contribution is -2.48. The summed E-state index contributed by atoms with van der Waals surface area (Å²) in [7, 11) is 0. The first-order valence-electron chi connectivity index (χ1n) is 15.9. The van der Waals surface area contributed by atoms with E-state index < -0.39 is 23.9 Å². The third-order valence-electron chi connectivity index (χ3n) is 10.5. The number of hydrogen-bond donors (Lipinski definition) is 2. The van der Waals surface area contributed by atoms with Gasteiger partial charge in [-0.3, -0.25) is 9.59 Å². The van der Waals surface area contributed by atoms with Gasteiger partial charge < -0.3 is 19.8 Å². The Morgan fingerprint density at radius 2 is 1.63 bits per heavy atom. The summed E-state index contributed by atoms with van der Waals surface area (Å²) in [4.78, 5) is 27.7. The standard InChI is InChI=1S/C35H45NO5/c37-31(23-35-22-30(35)29(35)21-26-14-16-28(17-15-26)41-27-10-4-5-11-27)32(38)33(39)34(40)36-19-6-9-25(18-20-36)13-12-24-7-2-1-3-8-24/h1-3,7-8,14-17,25,27,29-30,32-33,38-39H,4-6,9-13,18-23H2/t25?,29?,30?,32-,33+,35?/m0/s1. The quantitative estimate of drug-likeness (QED) is 0.377. The third-order valence-corrected chi connectivity index (χ3v) is 10.5. The molecule has 4 fully saturated rings. The van der Waals surface area contributed by atoms with Crippen LogP contribution in [0.25, 0.3) is 0 Å². The second-order valence-electron chi connectivity index (χ2n) is 13.2. The molecule has 4 unspecified atom stereocenters. The lowest BCUT2D eigenvalue weighted by atomic mass is 9.92. The Labute approximate surface area is 244 Å². The molecule has 2 aromatic carbocycles. The lowest BCUT2D eigenvalue weighted by molar-refractivity contribution is -0.152. The zero-order valence-electron chi connectivity index (χ0n) is 24.1. The van der Waals surface area contributed by atoms with Crippen LogP contribution in [-0.4, -0.2) is 58.2 Å². The Bertz CT molecular complexity index is 1190. The van der Waals surface area contributed by atoms with E-state index >= 15 is 0 Å². The second-order valence-corrected chi connectivity index (χ2v) is 13.2. The number of aryl methyl sites for hydroxylation is 1. The van der Waals surface area contributed by atoms with Gasteiger partial charge >= 0.3 is 0 Å². The van der Waals surface area contributed by atoms with E-state index in [1.165, 1.54) is 24.0 Å². The minimum absolute atomic E-state index is 0.0472. The van der Waals surface area contributed by atoms with Crippen molar-refractivity contribution in [2.24, 2.45) is 23.2 Å². The van der Waals surface area contributed by atoms with Gasteiger partial charge in [-0.2, -0.15) is 0 Å². The first-order valence-corrected chi connectivity index (χ1v) is 15.9. The molecular formula is C35H45NO5. The fraction of sp³-hybridized carbons (Fsp3) is 0.600. The number of ether oxygens (including phenoxy) is 1. The van der Waals surface area contributed by atoms with Crippen LogP contribution >= 0.6 is 0 Å². The molecule has 6 rings (SSSR count). The van der Waals surface area contributed by atoms with Gasteiger partial charge in [-0.05, 0) is 117 Å². The van der Waals surface area contributed by atoms with E-state index in [0.717, 1.165) is 63.5 Å². The van der Waals surface area contributed by atoms with Gasteiger partial charge in [-0.15, -0.1) is 0 Å². The first-order chi connectivity index (χ1) is 19.9. The maximum atomic E-state index is 13.1. The number of aliphatic hydroxyl groups excluding tert-OH is 2. The van der Waals surface area contributed by atoms with Crippen molar-refractivity contribution >= 4 is 11.7 Å². The molecule has 1 amide bonds. The lowest BCUT2D eigenvalue weighted by Gasteiger charge is -2.26. The Morgan fingerprint density at radius 1 is 0.878 bits per heavy atom. The van der Waals surface area contributed by atoms with E-state index in [9.17, 15) is 19.8 Å². The molecule has 1 heterocycles. The van der Waals surface area contributed by atoms with Crippen molar-refractivity contribution in [3.63, 3.8) is 0 Å². The number of fused-ring (bicyclic) bond motifs is 1. The van der Waals surface area contributed by atoms with Crippen LogP contribution in [0.1, 0.15) is 75.3 Å². The topological polar surface area (TPSA) is 87.1 Å². The average molecular weight is 560 g/mol. The molecule has 220 valence electrons. The van der Waals surface area contributed by atoms with Crippen LogP contribution in [0.4, 0.5) is 0 Å². The predicted molar refractivity (Wildman–Crippen MR) is 157 cm³/mol. The van der Waals surface area contributed by atoms with Gasteiger partial charge in [0.25, 0.3) is 5.91 Å². The molecule has 6 nitrogen and oxygen atoms in total. The largest absolute Gasteiger partial charge is 0.490 e. The fourth-order valence-corrected chi connectivity index (χ4v) is 7.61. The minimum Gasteiger partial charge on any atom is -0.490 e. The van der Waals surface area contributed by atoms with Crippen molar-refractivity contribution in [3.05, 3.63) is 65.7 Å². The molecule has 1 saturated heterocycles. The van der Waals surface area contributed by atoms with Crippen molar-refractivity contribution in [1.82, 2.24) is 4.90 Å². The Balaban J connectivity index is 0.943. The van der Waals surface area contributed by atoms with Crippen LogP contribution in [0.3, 0.4) is 0 Å². The molecule has 6 atom stereocenters. The SMILES string of the molecule is O=C(CC12CC1C2Cc1ccc(OC2CCCC2)cc1)[C@H](O)[C@@H](O)C(=O)N1CCCC(CCc2ccccc2)CC1. The summed E-state index contributed by atoms with van der Waals surface area (Å²) < 4.78 is 6.08. The highest BCUT2D eigenvalue weighted by Crippen LogP contribution is 2.82. The number of carbonyl (C=O) groups is 2. The minimum atomic E-state index is -1.68. The van der Waals surface area contributed by atoms with Crippen LogP contribution in [0.15, 0.2) is 54.6 Å². The summed E-state index contributed by atoms with van der Waals surface area (Å²) in [6.45, 7) is 1.13. The monoisotopic (exact) mass is 559 g/mol. The van der Waals surface area contributed by atoms with Crippen LogP contribution in [0, 0.1) is 23.2 Å². The van der Waals surface area contributed by atoms with Crippen molar-refractivity contribution in [3.8, 4) is 5.75 Å². The van der Waals surface area contributed by atoms with Crippen molar-refractivity contribution in [2.75, 3.05) is 13.1 Å². The molecule has 1 aliphatic heterocycles. The van der Waals surface area contributed by atoms with Gasteiger partial charge in [0.05, 0.1) is 6.10 Å². The van der Waals surface area contributed by atoms with E-state index in [1.54, 1.807) is 4.90 Å². The molecule has 2 aromatic rings. The Hall–Kier alpha value is -2.70. The number of ketones is 1. The number of benzene rings is 2. The van der Waals surface area contributed by atoms with E-state index in [1.807, 2.05) is 6.07 Å². The van der Waals surface area contributed by atoms with E-state index in [0.29, 0.717) is 36.9 Å². The smallest absolute Gasteiger partial charge is 0.254 e. The number of rotatable bonds is 12. The number of Topliss-reactive ketones (excluding diaryl/α,β-unsaturated/α-hetero) is 1. The fourth-order valence-electron chi connectivity index (χ4n) is 7.61. The Morgan fingerprint density at radius 3 is 2.37 bits per heavy atom. The van der Waals surface area contributed by atoms with E-state index in [4.69, 9.17) is 4.74 Å². The van der Waals surface area contributed by atoms with Gasteiger partial charge in [0.2, 0.25) is 0 Å². The number of aliphatic hydroxyl groups is 2. The zero-order valence-corrected chi connectivity index (χ0v) is 24.1. The normalized spacial score (nSPS) is 28.8. The molecule has 0 bridgehead atoms. The van der Waals surface area contributed by atoms with Crippen molar-refractivity contribution in [2.45, 2.75) is 95.4 Å². The van der Waals surface area contributed by atoms with Gasteiger partial charge in [0.1, 0.15) is 11.9 Å². The van der Waals surface area contributed by atoms with Gasteiger partial charge in [-0.1, -0.05) is 42.5 Å². The average Bonchev–Trinajstić information content (AvgIpc) is 3.80. The van der Waals surface area contributed by atoms with Crippen LogP contribution in [0.5, 0.6) is 5.75 Å². The van der Waals surface area contributed by atoms with E-state index in [-0.39, 0.29) is 11.8 Å². The highest BCUT2D eigenvalue weighted by Gasteiger charge is 2.78. The molecule has 0 radical (unpaired) electrons. The Kier molecular flexibility index (Phi) is 8.50. The van der Waals surface area contributed by atoms with Crippen LogP contribution in [0.2, 0.25) is 0 Å². The molecule has 0 spiro atoms. The van der Waals surface area contributed by atoms with Gasteiger partial charge in [0.15, 0.2) is 11.9 Å². The van der Waals surface area contributed by atoms with Crippen molar-refractivity contribution in [1.29, 1.82) is 0 Å². The molecule has 2 N–H and O–H groups in total. The maximum Gasteiger partial charge on any atom is 0.254 e. The molecule has 0 aromatic heterocycles. The number of carbonyl (C=O) groups excluding carboxylic acids is 2. The summed E-state index contributed by atoms with van der Waals surface area (Å²) in [5.41, 5.74) is 2.53. The van der Waals surface area contributed by atoms with Crippen LogP contribution < -0.4 is 4.74 Å². The zero-order chi connectivity index (χ0) is 28.4. The van der Waals surface area contributed by atoms with Crippen LogP contribution in [-0.2, 0) is 22.4 Å². The molecule has 4 aliphatic rings. The third kappa shape index (κ3) is 6.54. The summed E-state index contributed by atoms with van der Waals surface area (Å²) in [5, 5.41) is 21.4. The maximum absolute atomic E-state index is 13.1. The molecule has 3 aliphatic carbocycles. The number of amides is 1. The number of hydrogen-bond acceptors (Lipinski definition) is 5. The molecule has 41 heavy (non-hydrogen) atoms. The molecule has 6 heteroatoms. The predicted octanol–water partition coefficient (Wildman–Crippen LogP) is 5.13. The highest BCUT2D eigenvalue weighted by molar-refractivity contribution is 5.92.